The molecule has 5 nitrogen and oxygen atoms in total. The normalized spacial score (nSPS) is 18.5. The number of nitrogens with zero attached hydrogens (tertiary/aromatic N) is 3. The number of nitrogens with one attached hydrogen (secondary N) is 1. The number of anilines is 1. The number of hydrogen-bond acceptors (Lipinski definition) is 5. The lowest BCUT2D eigenvalue weighted by Crippen LogP contribution is -2.32. The molecule has 4 aromatic rings. The summed E-state index contributed by atoms with van der Waals surface area (Å²) in [5, 5.41) is 9.46. The van der Waals surface area contributed by atoms with Crippen molar-refractivity contribution in [1.82, 2.24) is 14.8 Å². The van der Waals surface area contributed by atoms with Crippen LogP contribution in [0.25, 0.3) is 5.70 Å². The Balaban J connectivity index is 1.66. The summed E-state index contributed by atoms with van der Waals surface area (Å²) in [4.78, 5) is 4.69. The van der Waals surface area contributed by atoms with Crippen molar-refractivity contribution in [3.8, 4) is 5.75 Å². The van der Waals surface area contributed by atoms with Gasteiger partial charge in [-0.15, -0.1) is 5.10 Å². The first-order valence-electron chi connectivity index (χ1n) is 10.8. The maximum absolute atomic E-state index is 15.1. The largest absolute Gasteiger partial charge is 0.480 e. The van der Waals surface area contributed by atoms with E-state index in [1.54, 1.807) is 18.2 Å². The van der Waals surface area contributed by atoms with E-state index in [4.69, 9.17) is 21.4 Å². The quantitative estimate of drug-likeness (QED) is 0.325. The van der Waals surface area contributed by atoms with E-state index in [0.29, 0.717) is 27.4 Å². The minimum absolute atomic E-state index is 0.325. The van der Waals surface area contributed by atoms with Gasteiger partial charge >= 0.3 is 0 Å². The Labute approximate surface area is 205 Å². The molecule has 0 saturated carbocycles. The highest BCUT2D eigenvalue weighted by Crippen LogP contribution is 2.51. The third-order valence-electron chi connectivity index (χ3n) is 6.18. The van der Waals surface area contributed by atoms with Crippen molar-refractivity contribution in [1.29, 1.82) is 0 Å². The fraction of sp³-hybridized carbons (Fsp3) is 0.154. The molecule has 2 aliphatic heterocycles. The van der Waals surface area contributed by atoms with Crippen LogP contribution in [0.5, 0.6) is 5.75 Å². The number of fused-ring (bicyclic) bond motifs is 3. The Morgan fingerprint density at radius 3 is 2.65 bits per heavy atom. The van der Waals surface area contributed by atoms with E-state index in [0.717, 1.165) is 28.0 Å². The molecule has 34 heavy (non-hydrogen) atoms. The molecule has 0 unspecified atom stereocenters. The fourth-order valence-electron chi connectivity index (χ4n) is 4.58. The molecule has 170 valence electrons. The lowest BCUT2D eigenvalue weighted by molar-refractivity contribution is 0.218. The zero-order valence-electron chi connectivity index (χ0n) is 18.4. The van der Waals surface area contributed by atoms with E-state index in [1.807, 2.05) is 36.1 Å². The van der Waals surface area contributed by atoms with E-state index in [2.05, 4.69) is 34.6 Å². The van der Waals surface area contributed by atoms with Crippen LogP contribution in [0.3, 0.4) is 0 Å². The summed E-state index contributed by atoms with van der Waals surface area (Å²) in [6, 6.07) is 20.1. The van der Waals surface area contributed by atoms with E-state index < -0.39 is 6.10 Å². The molecule has 8 heteroatoms. The second kappa shape index (κ2) is 8.18. The van der Waals surface area contributed by atoms with E-state index in [-0.39, 0.29) is 11.9 Å². The van der Waals surface area contributed by atoms with Gasteiger partial charge in [-0.3, -0.25) is 0 Å². The van der Waals surface area contributed by atoms with Crippen LogP contribution in [0.1, 0.15) is 34.4 Å². The number of rotatable bonds is 3. The van der Waals surface area contributed by atoms with Gasteiger partial charge in [0.2, 0.25) is 11.1 Å². The topological polar surface area (TPSA) is 52.0 Å². The summed E-state index contributed by atoms with van der Waals surface area (Å²) in [7, 11) is 0. The Bertz CT molecular complexity index is 1450. The fourth-order valence-corrected chi connectivity index (χ4v) is 5.10. The van der Waals surface area contributed by atoms with Gasteiger partial charge in [0.25, 0.3) is 0 Å². The molecule has 6 rings (SSSR count). The SMILES string of the molecule is CSc1nc2n(n1)[C@H](c1ccc(C)cc1)C1=C(N2)c2cc(Cl)ccc2O[C@H]1c1ccccc1F. The average Bonchev–Trinajstić information content (AvgIpc) is 3.26. The molecule has 2 aliphatic rings. The summed E-state index contributed by atoms with van der Waals surface area (Å²) in [6.07, 6.45) is 1.27. The lowest BCUT2D eigenvalue weighted by atomic mass is 9.84. The highest BCUT2D eigenvalue weighted by atomic mass is 35.5. The Morgan fingerprint density at radius 1 is 1.09 bits per heavy atom. The molecule has 0 aliphatic carbocycles. The van der Waals surface area contributed by atoms with E-state index >= 15 is 4.39 Å². The second-order valence-electron chi connectivity index (χ2n) is 8.30. The molecule has 1 aromatic heterocycles. The van der Waals surface area contributed by atoms with Gasteiger partial charge < -0.3 is 10.1 Å². The number of hydrogen-bond donors (Lipinski definition) is 1. The highest BCUT2D eigenvalue weighted by Gasteiger charge is 2.42. The number of ether oxygens (including phenoxy) is 1. The second-order valence-corrected chi connectivity index (χ2v) is 9.50. The van der Waals surface area contributed by atoms with Crippen molar-refractivity contribution in [2.24, 2.45) is 0 Å². The van der Waals surface area contributed by atoms with Crippen molar-refractivity contribution in [3.05, 3.63) is 105 Å². The van der Waals surface area contributed by atoms with Crippen LogP contribution in [-0.2, 0) is 0 Å². The minimum Gasteiger partial charge on any atom is -0.480 e. The molecule has 2 atom stereocenters. The van der Waals surface area contributed by atoms with Crippen LogP contribution in [-0.4, -0.2) is 21.0 Å². The Kier molecular flexibility index (Phi) is 5.12. The van der Waals surface area contributed by atoms with Gasteiger partial charge in [0, 0.05) is 21.7 Å². The summed E-state index contributed by atoms with van der Waals surface area (Å²) in [5.41, 5.74) is 5.10. The van der Waals surface area contributed by atoms with E-state index in [1.165, 1.54) is 17.8 Å². The third-order valence-corrected chi connectivity index (χ3v) is 6.95. The van der Waals surface area contributed by atoms with Gasteiger partial charge in [0.15, 0.2) is 6.10 Å². The van der Waals surface area contributed by atoms with Crippen LogP contribution in [0.4, 0.5) is 10.3 Å². The maximum Gasteiger partial charge on any atom is 0.227 e. The van der Waals surface area contributed by atoms with Crippen molar-refractivity contribution in [2.75, 3.05) is 11.6 Å². The number of thioether (sulfide) groups is 1. The zero-order valence-corrected chi connectivity index (χ0v) is 20.0. The van der Waals surface area contributed by atoms with Gasteiger partial charge in [-0.1, -0.05) is 71.4 Å². The molecule has 0 spiro atoms. The molecule has 0 fully saturated rings. The lowest BCUT2D eigenvalue weighted by Gasteiger charge is -2.39. The number of benzene rings is 3. The first-order chi connectivity index (χ1) is 16.5. The van der Waals surface area contributed by atoms with Crippen molar-refractivity contribution in [3.63, 3.8) is 0 Å². The van der Waals surface area contributed by atoms with Gasteiger partial charge in [0.05, 0.1) is 5.70 Å². The molecule has 3 aromatic carbocycles. The number of aryl methyl sites for hydroxylation is 1. The maximum atomic E-state index is 15.1. The molecule has 1 N–H and O–H groups in total. The predicted molar refractivity (Wildman–Crippen MR) is 133 cm³/mol. The van der Waals surface area contributed by atoms with Crippen LogP contribution >= 0.6 is 23.4 Å². The smallest absolute Gasteiger partial charge is 0.227 e. The molecule has 0 radical (unpaired) electrons. The van der Waals surface area contributed by atoms with Gasteiger partial charge in [0.1, 0.15) is 17.6 Å². The van der Waals surface area contributed by atoms with E-state index in [9.17, 15) is 0 Å². The predicted octanol–water partition coefficient (Wildman–Crippen LogP) is 6.66. The van der Waals surface area contributed by atoms with Gasteiger partial charge in [-0.05, 0) is 43.0 Å². The zero-order chi connectivity index (χ0) is 23.4. The van der Waals surface area contributed by atoms with Crippen molar-refractivity contribution >= 4 is 35.0 Å². The Hall–Kier alpha value is -3.29. The Morgan fingerprint density at radius 2 is 1.88 bits per heavy atom. The molecule has 0 saturated heterocycles. The van der Waals surface area contributed by atoms with Crippen LogP contribution < -0.4 is 10.1 Å². The average molecular weight is 491 g/mol. The van der Waals surface area contributed by atoms with Crippen molar-refractivity contribution < 1.29 is 9.13 Å². The van der Waals surface area contributed by atoms with Crippen LogP contribution in [0.15, 0.2) is 77.5 Å². The van der Waals surface area contributed by atoms with Crippen LogP contribution in [0.2, 0.25) is 5.02 Å². The highest BCUT2D eigenvalue weighted by molar-refractivity contribution is 7.98. The summed E-state index contributed by atoms with van der Waals surface area (Å²) in [5.74, 6) is 0.923. The first-order valence-corrected chi connectivity index (χ1v) is 12.4. The third kappa shape index (κ3) is 3.38. The number of aromatic nitrogens is 3. The van der Waals surface area contributed by atoms with Crippen molar-refractivity contribution in [2.45, 2.75) is 24.2 Å². The van der Waals surface area contributed by atoms with Gasteiger partial charge in [-0.2, -0.15) is 4.98 Å². The minimum atomic E-state index is -0.668. The first kappa shape index (κ1) is 21.3. The molecule has 0 bridgehead atoms. The molecular weight excluding hydrogens is 471 g/mol. The summed E-state index contributed by atoms with van der Waals surface area (Å²) < 4.78 is 23.5. The van der Waals surface area contributed by atoms with Crippen LogP contribution in [0, 0.1) is 12.7 Å². The summed E-state index contributed by atoms with van der Waals surface area (Å²) >= 11 is 7.85. The molecular formula is C26H20ClFN4OS. The standard InChI is InChI=1S/C26H20ClFN4OS/c1-14-7-9-15(10-8-14)23-21-22(29-25-30-26(34-2)31-32(23)25)18-13-16(27)11-12-20(18)33-24(21)17-5-3-4-6-19(17)28/h3-13,23-24H,1-2H3,(H,29,30,31)/t23-,24+/m1/s1. The number of halogens is 2. The monoisotopic (exact) mass is 490 g/mol. The molecule has 3 heterocycles. The summed E-state index contributed by atoms with van der Waals surface area (Å²) in [6.45, 7) is 2.05. The molecule has 0 amide bonds. The van der Waals surface area contributed by atoms with Gasteiger partial charge in [-0.25, -0.2) is 9.07 Å².